The number of halogens is 1. The number of carboxylic acid groups (broad SMARTS) is 1. The lowest BCUT2D eigenvalue weighted by atomic mass is 9.86. The van der Waals surface area contributed by atoms with E-state index in [0.717, 1.165) is 5.01 Å². The summed E-state index contributed by atoms with van der Waals surface area (Å²) in [5.74, 6) is -0.302. The van der Waals surface area contributed by atoms with Crippen LogP contribution in [0.3, 0.4) is 0 Å². The van der Waals surface area contributed by atoms with Gasteiger partial charge in [-0.3, -0.25) is 0 Å². The van der Waals surface area contributed by atoms with Gasteiger partial charge in [0.1, 0.15) is 17.3 Å². The standard InChI is InChI=1S/C17H13FN2O4/c18-10-4-5-14-12(7-10)15-13(8-24-14)16(20(19-15)17(22)23)9-2-1-3-11(21)6-9/h1-7,13,16,21H,8H2,(H,22,23). The van der Waals surface area contributed by atoms with Crippen LogP contribution in [0.15, 0.2) is 47.6 Å². The molecule has 0 saturated carbocycles. The van der Waals surface area contributed by atoms with Crippen molar-refractivity contribution in [2.75, 3.05) is 6.61 Å². The molecule has 2 atom stereocenters. The summed E-state index contributed by atoms with van der Waals surface area (Å²) in [5, 5.41) is 24.4. The molecule has 0 saturated heterocycles. The second kappa shape index (κ2) is 5.23. The Balaban J connectivity index is 1.83. The van der Waals surface area contributed by atoms with Gasteiger partial charge in [0.2, 0.25) is 0 Å². The third-order valence-electron chi connectivity index (χ3n) is 4.25. The molecule has 2 aromatic rings. The Bertz CT molecular complexity index is 867. The van der Waals surface area contributed by atoms with Crippen LogP contribution in [0.4, 0.5) is 9.18 Å². The summed E-state index contributed by atoms with van der Waals surface area (Å²) in [6.07, 6.45) is -1.22. The minimum absolute atomic E-state index is 0.0365. The van der Waals surface area contributed by atoms with E-state index >= 15 is 0 Å². The van der Waals surface area contributed by atoms with E-state index < -0.39 is 18.0 Å². The first kappa shape index (κ1) is 14.5. The fourth-order valence-corrected chi connectivity index (χ4v) is 3.25. The molecule has 1 amide bonds. The average molecular weight is 328 g/mol. The number of rotatable bonds is 1. The van der Waals surface area contributed by atoms with E-state index in [1.807, 2.05) is 0 Å². The number of fused-ring (bicyclic) bond motifs is 3. The van der Waals surface area contributed by atoms with Crippen molar-refractivity contribution >= 4 is 11.8 Å². The molecule has 2 unspecified atom stereocenters. The lowest BCUT2D eigenvalue weighted by Gasteiger charge is -2.28. The van der Waals surface area contributed by atoms with Crippen LogP contribution in [0.25, 0.3) is 0 Å². The highest BCUT2D eigenvalue weighted by atomic mass is 19.1. The maximum Gasteiger partial charge on any atom is 0.428 e. The number of hydrogen-bond donors (Lipinski definition) is 2. The molecule has 6 nitrogen and oxygen atoms in total. The molecule has 0 aromatic heterocycles. The second-order valence-electron chi connectivity index (χ2n) is 5.71. The largest absolute Gasteiger partial charge is 0.508 e. The van der Waals surface area contributed by atoms with Crippen molar-refractivity contribution in [3.05, 3.63) is 59.4 Å². The van der Waals surface area contributed by atoms with Crippen LogP contribution in [0, 0.1) is 11.7 Å². The molecule has 2 aliphatic heterocycles. The van der Waals surface area contributed by atoms with Crippen molar-refractivity contribution in [2.24, 2.45) is 11.0 Å². The molecule has 4 rings (SSSR count). The zero-order valence-corrected chi connectivity index (χ0v) is 12.4. The van der Waals surface area contributed by atoms with Gasteiger partial charge in [0.25, 0.3) is 0 Å². The van der Waals surface area contributed by atoms with Gasteiger partial charge in [0.05, 0.1) is 24.3 Å². The molecule has 2 aromatic carbocycles. The topological polar surface area (TPSA) is 82.4 Å². The van der Waals surface area contributed by atoms with Crippen LogP contribution in [-0.2, 0) is 0 Å². The van der Waals surface area contributed by atoms with E-state index in [-0.39, 0.29) is 18.3 Å². The number of amides is 1. The first-order valence-corrected chi connectivity index (χ1v) is 7.37. The molecule has 0 fully saturated rings. The van der Waals surface area contributed by atoms with Crippen molar-refractivity contribution in [3.8, 4) is 11.5 Å². The Kier molecular flexibility index (Phi) is 3.16. The summed E-state index contributed by atoms with van der Waals surface area (Å²) in [7, 11) is 0. The van der Waals surface area contributed by atoms with Crippen LogP contribution in [0.1, 0.15) is 17.2 Å². The van der Waals surface area contributed by atoms with Crippen LogP contribution < -0.4 is 4.74 Å². The van der Waals surface area contributed by atoms with E-state index in [1.165, 1.54) is 30.3 Å². The Morgan fingerprint density at radius 3 is 2.88 bits per heavy atom. The zero-order valence-electron chi connectivity index (χ0n) is 12.4. The minimum Gasteiger partial charge on any atom is -0.508 e. The Labute approximate surface area is 136 Å². The number of carbonyl (C=O) groups is 1. The van der Waals surface area contributed by atoms with E-state index in [9.17, 15) is 19.4 Å². The van der Waals surface area contributed by atoms with E-state index in [1.54, 1.807) is 12.1 Å². The summed E-state index contributed by atoms with van der Waals surface area (Å²) in [4.78, 5) is 11.6. The second-order valence-corrected chi connectivity index (χ2v) is 5.71. The lowest BCUT2D eigenvalue weighted by molar-refractivity contribution is 0.118. The highest BCUT2D eigenvalue weighted by Crippen LogP contribution is 2.43. The molecule has 0 spiro atoms. The number of nitrogens with zero attached hydrogens (tertiary/aromatic N) is 2. The summed E-state index contributed by atoms with van der Waals surface area (Å²) in [6.45, 7) is 0.224. The summed E-state index contributed by atoms with van der Waals surface area (Å²) in [6, 6.07) is 9.83. The summed E-state index contributed by atoms with van der Waals surface area (Å²) >= 11 is 0. The highest BCUT2D eigenvalue weighted by molar-refractivity contribution is 6.07. The predicted molar refractivity (Wildman–Crippen MR) is 82.6 cm³/mol. The van der Waals surface area contributed by atoms with Crippen molar-refractivity contribution in [3.63, 3.8) is 0 Å². The molecule has 2 heterocycles. The van der Waals surface area contributed by atoms with Gasteiger partial charge in [0.15, 0.2) is 0 Å². The van der Waals surface area contributed by atoms with E-state index in [4.69, 9.17) is 4.74 Å². The van der Waals surface area contributed by atoms with Crippen molar-refractivity contribution in [1.82, 2.24) is 5.01 Å². The monoisotopic (exact) mass is 328 g/mol. The molecule has 0 radical (unpaired) electrons. The first-order chi connectivity index (χ1) is 11.5. The van der Waals surface area contributed by atoms with Crippen molar-refractivity contribution < 1.29 is 24.1 Å². The molecule has 122 valence electrons. The summed E-state index contributed by atoms with van der Waals surface area (Å²) < 4.78 is 19.3. The van der Waals surface area contributed by atoms with Gasteiger partial charge in [-0.15, -0.1) is 0 Å². The van der Waals surface area contributed by atoms with E-state index in [2.05, 4.69) is 5.10 Å². The van der Waals surface area contributed by atoms with Crippen LogP contribution in [0.5, 0.6) is 11.5 Å². The fraction of sp³-hybridized carbons (Fsp3) is 0.176. The number of hydrazone groups is 1. The van der Waals surface area contributed by atoms with Gasteiger partial charge in [-0.2, -0.15) is 10.1 Å². The third-order valence-corrected chi connectivity index (χ3v) is 4.25. The predicted octanol–water partition coefficient (Wildman–Crippen LogP) is 2.98. The molecule has 7 heteroatoms. The van der Waals surface area contributed by atoms with Gasteiger partial charge in [-0.05, 0) is 35.9 Å². The van der Waals surface area contributed by atoms with Crippen LogP contribution >= 0.6 is 0 Å². The smallest absolute Gasteiger partial charge is 0.428 e. The number of hydrogen-bond acceptors (Lipinski definition) is 4. The number of phenolic OH excluding ortho intramolecular Hbond substituents is 1. The van der Waals surface area contributed by atoms with Crippen LogP contribution in [-0.4, -0.2) is 33.6 Å². The van der Waals surface area contributed by atoms with Gasteiger partial charge in [0, 0.05) is 5.56 Å². The van der Waals surface area contributed by atoms with Gasteiger partial charge >= 0.3 is 6.09 Å². The molecular formula is C17H13FN2O4. The van der Waals surface area contributed by atoms with Gasteiger partial charge in [-0.25, -0.2) is 9.18 Å². The number of ether oxygens (including phenoxy) is 1. The molecule has 2 aliphatic rings. The number of aromatic hydroxyl groups is 1. The van der Waals surface area contributed by atoms with Gasteiger partial charge in [-0.1, -0.05) is 12.1 Å². The van der Waals surface area contributed by atoms with E-state index in [0.29, 0.717) is 22.6 Å². The minimum atomic E-state index is -1.22. The summed E-state index contributed by atoms with van der Waals surface area (Å²) in [5.41, 5.74) is 1.54. The Morgan fingerprint density at radius 2 is 2.12 bits per heavy atom. The highest BCUT2D eigenvalue weighted by Gasteiger charge is 2.45. The SMILES string of the molecule is O=C(O)N1N=C2c3cc(F)ccc3OCC2C1c1cccc(O)c1. The lowest BCUT2D eigenvalue weighted by Crippen LogP contribution is -2.34. The van der Waals surface area contributed by atoms with Crippen LogP contribution in [0.2, 0.25) is 0 Å². The Morgan fingerprint density at radius 1 is 1.29 bits per heavy atom. The maximum absolute atomic E-state index is 13.6. The number of phenols is 1. The van der Waals surface area contributed by atoms with Crippen molar-refractivity contribution in [1.29, 1.82) is 0 Å². The quantitative estimate of drug-likeness (QED) is 0.843. The molecule has 24 heavy (non-hydrogen) atoms. The third kappa shape index (κ3) is 2.17. The Hall–Kier alpha value is -3.09. The van der Waals surface area contributed by atoms with Gasteiger partial charge < -0.3 is 14.9 Å². The average Bonchev–Trinajstić information content (AvgIpc) is 2.95. The molecule has 2 N–H and O–H groups in total. The normalized spacial score (nSPS) is 21.5. The number of benzene rings is 2. The first-order valence-electron chi connectivity index (χ1n) is 7.37. The maximum atomic E-state index is 13.6. The molecule has 0 aliphatic carbocycles. The molecule has 0 bridgehead atoms. The fourth-order valence-electron chi connectivity index (χ4n) is 3.25. The van der Waals surface area contributed by atoms with Crippen molar-refractivity contribution in [2.45, 2.75) is 6.04 Å². The molecular weight excluding hydrogens is 315 g/mol. The zero-order chi connectivity index (χ0) is 16.8.